The Morgan fingerprint density at radius 1 is 1.48 bits per heavy atom. The lowest BCUT2D eigenvalue weighted by atomic mass is 9.48. The highest BCUT2D eigenvalue weighted by Crippen LogP contribution is 2.58. The highest BCUT2D eigenvalue weighted by atomic mass is 79.9. The van der Waals surface area contributed by atoms with Crippen LogP contribution in [0.25, 0.3) is 0 Å². The van der Waals surface area contributed by atoms with Gasteiger partial charge < -0.3 is 15.8 Å². The molecule has 1 aromatic rings. The van der Waals surface area contributed by atoms with Crippen LogP contribution in [0.1, 0.15) is 25.8 Å². The molecular formula is C16H21BrN2O2. The number of carbonyl (C=O) groups is 1. The van der Waals surface area contributed by atoms with Gasteiger partial charge in [-0.25, -0.2) is 0 Å². The van der Waals surface area contributed by atoms with E-state index < -0.39 is 5.54 Å². The third-order valence-corrected chi connectivity index (χ3v) is 5.76. The average Bonchev–Trinajstić information content (AvgIpc) is 2.89. The Kier molecular flexibility index (Phi) is 3.43. The molecule has 1 aliphatic carbocycles. The number of rotatable bonds is 2. The van der Waals surface area contributed by atoms with Crippen molar-refractivity contribution in [2.24, 2.45) is 17.1 Å². The predicted molar refractivity (Wildman–Crippen MR) is 86.1 cm³/mol. The molecule has 0 aromatic heterocycles. The Morgan fingerprint density at radius 3 is 2.86 bits per heavy atom. The molecule has 0 radical (unpaired) electrons. The van der Waals surface area contributed by atoms with E-state index in [-0.39, 0.29) is 23.3 Å². The number of aryl methyl sites for hydroxylation is 1. The predicted octanol–water partition coefficient (Wildman–Crippen LogP) is 2.84. The smallest absolute Gasteiger partial charge is 0.245 e. The largest absolute Gasteiger partial charge is 0.377 e. The molecule has 3 rings (SSSR count). The maximum atomic E-state index is 12.8. The van der Waals surface area contributed by atoms with Crippen LogP contribution in [-0.2, 0) is 9.53 Å². The lowest BCUT2D eigenvalue weighted by Gasteiger charge is -2.60. The highest BCUT2D eigenvalue weighted by Gasteiger charge is 2.71. The fraction of sp³-hybridized carbons (Fsp3) is 0.562. The summed E-state index contributed by atoms with van der Waals surface area (Å²) >= 11 is 3.43. The number of nitrogens with one attached hydrogen (secondary N) is 1. The lowest BCUT2D eigenvalue weighted by Crippen LogP contribution is -2.79. The molecule has 0 spiro atoms. The van der Waals surface area contributed by atoms with Crippen LogP contribution in [-0.4, -0.2) is 24.2 Å². The summed E-state index contributed by atoms with van der Waals surface area (Å²) in [5, 5.41) is 3.01. The molecule has 0 bridgehead atoms. The molecule has 3 atom stereocenters. The summed E-state index contributed by atoms with van der Waals surface area (Å²) in [7, 11) is 0. The van der Waals surface area contributed by atoms with Gasteiger partial charge in [-0.05, 0) is 37.1 Å². The number of hydrogen-bond donors (Lipinski definition) is 2. The summed E-state index contributed by atoms with van der Waals surface area (Å²) in [5.74, 6) is 0.00734. The van der Waals surface area contributed by atoms with Crippen LogP contribution in [0.4, 0.5) is 5.69 Å². The Bertz CT molecular complexity index is 602. The van der Waals surface area contributed by atoms with Crippen molar-refractivity contribution in [3.8, 4) is 0 Å². The van der Waals surface area contributed by atoms with Crippen LogP contribution in [0.3, 0.4) is 0 Å². The SMILES string of the molecule is Cc1cc(Br)ccc1NC(=O)C1(N)C2CCOC2C1(C)C. The molecule has 2 aliphatic rings. The molecule has 21 heavy (non-hydrogen) atoms. The van der Waals surface area contributed by atoms with Crippen LogP contribution in [0.2, 0.25) is 0 Å². The maximum Gasteiger partial charge on any atom is 0.245 e. The standard InChI is InChI=1S/C16H21BrN2O2/c1-9-8-10(17)4-5-12(9)19-14(20)16(18)11-6-7-21-13(11)15(16,2)3/h4-5,8,11,13H,6-7,18H2,1-3H3,(H,19,20). The number of hydrogen-bond acceptors (Lipinski definition) is 3. The molecule has 1 amide bonds. The first kappa shape index (κ1) is 15.0. The van der Waals surface area contributed by atoms with Crippen molar-refractivity contribution < 1.29 is 9.53 Å². The first-order chi connectivity index (χ1) is 9.78. The summed E-state index contributed by atoms with van der Waals surface area (Å²) in [6, 6.07) is 5.79. The second kappa shape index (κ2) is 4.80. The van der Waals surface area contributed by atoms with Crippen molar-refractivity contribution in [3.05, 3.63) is 28.2 Å². The van der Waals surface area contributed by atoms with Gasteiger partial charge in [0, 0.05) is 28.1 Å². The van der Waals surface area contributed by atoms with E-state index in [1.54, 1.807) is 0 Å². The first-order valence-corrected chi connectivity index (χ1v) is 8.06. The van der Waals surface area contributed by atoms with Gasteiger partial charge >= 0.3 is 0 Å². The van der Waals surface area contributed by atoms with Crippen LogP contribution >= 0.6 is 15.9 Å². The van der Waals surface area contributed by atoms with Crippen LogP contribution in [0, 0.1) is 18.3 Å². The quantitative estimate of drug-likeness (QED) is 0.859. The molecule has 1 heterocycles. The van der Waals surface area contributed by atoms with E-state index in [0.717, 1.165) is 22.1 Å². The number of amides is 1. The van der Waals surface area contributed by atoms with Gasteiger partial charge in [-0.2, -0.15) is 0 Å². The van der Waals surface area contributed by atoms with Crippen LogP contribution < -0.4 is 11.1 Å². The summed E-state index contributed by atoms with van der Waals surface area (Å²) in [5.41, 5.74) is 7.15. The fourth-order valence-electron chi connectivity index (χ4n) is 3.84. The number of carbonyl (C=O) groups excluding carboxylic acids is 1. The average molecular weight is 353 g/mol. The minimum absolute atomic E-state index is 0.0965. The van der Waals surface area contributed by atoms with Crippen molar-refractivity contribution >= 4 is 27.5 Å². The van der Waals surface area contributed by atoms with Gasteiger partial charge in [-0.3, -0.25) is 4.79 Å². The zero-order valence-corrected chi connectivity index (χ0v) is 14.2. The highest BCUT2D eigenvalue weighted by molar-refractivity contribution is 9.10. The topological polar surface area (TPSA) is 64.4 Å². The Morgan fingerprint density at radius 2 is 2.19 bits per heavy atom. The molecule has 3 N–H and O–H groups in total. The third kappa shape index (κ3) is 1.98. The molecule has 1 saturated carbocycles. The van der Waals surface area contributed by atoms with E-state index in [4.69, 9.17) is 10.5 Å². The van der Waals surface area contributed by atoms with Crippen molar-refractivity contribution in [2.45, 2.75) is 38.8 Å². The molecule has 1 saturated heterocycles. The number of fused-ring (bicyclic) bond motifs is 1. The van der Waals surface area contributed by atoms with Crippen LogP contribution in [0.5, 0.6) is 0 Å². The summed E-state index contributed by atoms with van der Waals surface area (Å²) in [6.07, 6.45) is 0.955. The van der Waals surface area contributed by atoms with Crippen molar-refractivity contribution in [2.75, 3.05) is 11.9 Å². The van der Waals surface area contributed by atoms with Crippen molar-refractivity contribution in [1.29, 1.82) is 0 Å². The second-order valence-electron chi connectivity index (χ2n) is 6.69. The fourth-order valence-corrected chi connectivity index (χ4v) is 4.31. The van der Waals surface area contributed by atoms with E-state index in [9.17, 15) is 4.79 Å². The molecule has 1 aliphatic heterocycles. The molecule has 114 valence electrons. The molecule has 5 heteroatoms. The maximum absolute atomic E-state index is 12.8. The number of nitrogens with two attached hydrogens (primary N) is 1. The first-order valence-electron chi connectivity index (χ1n) is 7.26. The van der Waals surface area contributed by atoms with Gasteiger partial charge in [0.05, 0.1) is 6.10 Å². The minimum Gasteiger partial charge on any atom is -0.377 e. The molecule has 3 unspecified atom stereocenters. The number of anilines is 1. The zero-order chi connectivity index (χ0) is 15.4. The molecule has 4 nitrogen and oxygen atoms in total. The van der Waals surface area contributed by atoms with E-state index in [0.29, 0.717) is 6.61 Å². The summed E-state index contributed by atoms with van der Waals surface area (Å²) in [6.45, 7) is 6.71. The monoisotopic (exact) mass is 352 g/mol. The van der Waals surface area contributed by atoms with Gasteiger partial charge in [0.1, 0.15) is 5.54 Å². The Labute approximate surface area is 133 Å². The van der Waals surface area contributed by atoms with E-state index >= 15 is 0 Å². The molecule has 2 fully saturated rings. The van der Waals surface area contributed by atoms with E-state index in [2.05, 4.69) is 21.2 Å². The van der Waals surface area contributed by atoms with Crippen LogP contribution in [0.15, 0.2) is 22.7 Å². The van der Waals surface area contributed by atoms with E-state index in [1.807, 2.05) is 39.0 Å². The normalized spacial score (nSPS) is 33.2. The van der Waals surface area contributed by atoms with Gasteiger partial charge in [0.2, 0.25) is 5.91 Å². The second-order valence-corrected chi connectivity index (χ2v) is 7.61. The van der Waals surface area contributed by atoms with Crippen molar-refractivity contribution in [3.63, 3.8) is 0 Å². The van der Waals surface area contributed by atoms with Gasteiger partial charge in [-0.15, -0.1) is 0 Å². The summed E-state index contributed by atoms with van der Waals surface area (Å²) in [4.78, 5) is 12.8. The van der Waals surface area contributed by atoms with Gasteiger partial charge in [0.15, 0.2) is 0 Å². The Balaban J connectivity index is 1.85. The zero-order valence-electron chi connectivity index (χ0n) is 12.6. The number of ether oxygens (including phenoxy) is 1. The third-order valence-electron chi connectivity index (χ3n) is 5.27. The molecular weight excluding hydrogens is 332 g/mol. The lowest BCUT2D eigenvalue weighted by molar-refractivity contribution is -0.170. The number of benzene rings is 1. The van der Waals surface area contributed by atoms with E-state index in [1.165, 1.54) is 0 Å². The Hall–Kier alpha value is -0.910. The minimum atomic E-state index is -0.867. The summed E-state index contributed by atoms with van der Waals surface area (Å²) < 4.78 is 6.73. The van der Waals surface area contributed by atoms with Gasteiger partial charge in [0.25, 0.3) is 0 Å². The number of halogens is 1. The molecule has 1 aromatic carbocycles. The van der Waals surface area contributed by atoms with Crippen molar-refractivity contribution in [1.82, 2.24) is 0 Å². The van der Waals surface area contributed by atoms with Gasteiger partial charge in [-0.1, -0.05) is 29.8 Å².